The van der Waals surface area contributed by atoms with Gasteiger partial charge in [-0.05, 0) is 31.4 Å². The number of hydrogen-bond donors (Lipinski definition) is 0. The van der Waals surface area contributed by atoms with E-state index in [2.05, 4.69) is 4.98 Å². The van der Waals surface area contributed by atoms with Gasteiger partial charge in [-0.2, -0.15) is 13.2 Å². The number of aromatic nitrogens is 1. The van der Waals surface area contributed by atoms with E-state index in [0.717, 1.165) is 31.2 Å². The highest BCUT2D eigenvalue weighted by Crippen LogP contribution is 2.30. The summed E-state index contributed by atoms with van der Waals surface area (Å²) in [7, 11) is 0. The van der Waals surface area contributed by atoms with Gasteiger partial charge in [-0.25, -0.2) is 0 Å². The predicted octanol–water partition coefficient (Wildman–Crippen LogP) is 3.01. The highest BCUT2D eigenvalue weighted by molar-refractivity contribution is 5.83. The second-order valence-electron chi connectivity index (χ2n) is 4.29. The Hall–Kier alpha value is -1.39. The number of alkyl halides is 3. The molecule has 92 valence electrons. The Balaban J connectivity index is 2.14. The molecule has 0 N–H and O–H groups in total. The average Bonchev–Trinajstić information content (AvgIpc) is 2.64. The fraction of sp³-hybridized carbons (Fsp3) is 0.500. The lowest BCUT2D eigenvalue weighted by Crippen LogP contribution is -2.12. The van der Waals surface area contributed by atoms with E-state index < -0.39 is 11.7 Å². The SMILES string of the molecule is O=C1CCCC1Cc1cc(C(F)(F)F)ccn1. The molecular weight excluding hydrogens is 231 g/mol. The van der Waals surface area contributed by atoms with Crippen LogP contribution in [-0.2, 0) is 17.4 Å². The maximum absolute atomic E-state index is 12.5. The molecule has 0 spiro atoms. The van der Waals surface area contributed by atoms with Crippen LogP contribution in [0.4, 0.5) is 13.2 Å². The third kappa shape index (κ3) is 2.84. The van der Waals surface area contributed by atoms with E-state index in [1.807, 2.05) is 0 Å². The van der Waals surface area contributed by atoms with E-state index in [1.165, 1.54) is 0 Å². The van der Waals surface area contributed by atoms with E-state index in [9.17, 15) is 18.0 Å². The fourth-order valence-electron chi connectivity index (χ4n) is 2.12. The molecule has 1 aliphatic carbocycles. The maximum atomic E-state index is 12.5. The van der Waals surface area contributed by atoms with Crippen LogP contribution in [0.25, 0.3) is 0 Å². The first kappa shape index (κ1) is 12.1. The average molecular weight is 243 g/mol. The first-order valence-corrected chi connectivity index (χ1v) is 5.51. The van der Waals surface area contributed by atoms with Crippen molar-refractivity contribution in [2.45, 2.75) is 31.9 Å². The van der Waals surface area contributed by atoms with Crippen molar-refractivity contribution in [1.29, 1.82) is 0 Å². The van der Waals surface area contributed by atoms with Gasteiger partial charge >= 0.3 is 6.18 Å². The molecule has 1 saturated carbocycles. The van der Waals surface area contributed by atoms with Gasteiger partial charge in [0.15, 0.2) is 0 Å². The lowest BCUT2D eigenvalue weighted by atomic mass is 10.00. The minimum atomic E-state index is -4.35. The van der Waals surface area contributed by atoms with Crippen LogP contribution < -0.4 is 0 Å². The van der Waals surface area contributed by atoms with Gasteiger partial charge in [-0.1, -0.05) is 0 Å². The molecule has 1 atom stereocenters. The van der Waals surface area contributed by atoms with E-state index in [4.69, 9.17) is 0 Å². The molecule has 17 heavy (non-hydrogen) atoms. The number of nitrogens with zero attached hydrogens (tertiary/aromatic N) is 1. The quantitative estimate of drug-likeness (QED) is 0.799. The number of pyridine rings is 1. The highest BCUT2D eigenvalue weighted by Gasteiger charge is 2.31. The van der Waals surface area contributed by atoms with E-state index >= 15 is 0 Å². The van der Waals surface area contributed by atoms with Crippen molar-refractivity contribution in [2.75, 3.05) is 0 Å². The van der Waals surface area contributed by atoms with Crippen molar-refractivity contribution in [1.82, 2.24) is 4.98 Å². The smallest absolute Gasteiger partial charge is 0.299 e. The Morgan fingerprint density at radius 2 is 2.18 bits per heavy atom. The van der Waals surface area contributed by atoms with Crippen molar-refractivity contribution in [2.24, 2.45) is 5.92 Å². The third-order valence-corrected chi connectivity index (χ3v) is 3.03. The van der Waals surface area contributed by atoms with Crippen molar-refractivity contribution >= 4 is 5.78 Å². The first-order chi connectivity index (χ1) is 7.97. The van der Waals surface area contributed by atoms with Crippen LogP contribution in [0.5, 0.6) is 0 Å². The molecule has 5 heteroatoms. The fourth-order valence-corrected chi connectivity index (χ4v) is 2.12. The number of carbonyl (C=O) groups is 1. The number of rotatable bonds is 2. The van der Waals surface area contributed by atoms with Gasteiger partial charge in [0.25, 0.3) is 0 Å². The molecule has 1 aliphatic rings. The molecule has 0 aromatic carbocycles. The van der Waals surface area contributed by atoms with Crippen LogP contribution in [0, 0.1) is 5.92 Å². The molecule has 2 rings (SSSR count). The van der Waals surface area contributed by atoms with Gasteiger partial charge in [0.1, 0.15) is 5.78 Å². The zero-order valence-corrected chi connectivity index (χ0v) is 9.13. The molecule has 0 bridgehead atoms. The minimum absolute atomic E-state index is 0.143. The highest BCUT2D eigenvalue weighted by atomic mass is 19.4. The van der Waals surface area contributed by atoms with E-state index in [1.54, 1.807) is 0 Å². The molecule has 1 aromatic heterocycles. The molecule has 0 saturated heterocycles. The first-order valence-electron chi connectivity index (χ1n) is 5.51. The van der Waals surface area contributed by atoms with Crippen molar-refractivity contribution in [3.8, 4) is 0 Å². The van der Waals surface area contributed by atoms with Gasteiger partial charge in [0.2, 0.25) is 0 Å². The Morgan fingerprint density at radius 1 is 1.41 bits per heavy atom. The second-order valence-corrected chi connectivity index (χ2v) is 4.29. The molecule has 2 nitrogen and oxygen atoms in total. The Morgan fingerprint density at radius 3 is 2.76 bits per heavy atom. The van der Waals surface area contributed by atoms with Crippen molar-refractivity contribution in [3.63, 3.8) is 0 Å². The molecule has 1 heterocycles. The van der Waals surface area contributed by atoms with Crippen molar-refractivity contribution < 1.29 is 18.0 Å². The Kier molecular flexibility index (Phi) is 3.17. The Bertz CT molecular complexity index is 428. The molecule has 0 amide bonds. The number of halogens is 3. The summed E-state index contributed by atoms with van der Waals surface area (Å²) in [5.74, 6) is -0.00445. The summed E-state index contributed by atoms with van der Waals surface area (Å²) in [6.45, 7) is 0. The van der Waals surface area contributed by atoms with Crippen LogP contribution in [0.2, 0.25) is 0 Å². The summed E-state index contributed by atoms with van der Waals surface area (Å²) >= 11 is 0. The molecule has 1 unspecified atom stereocenters. The minimum Gasteiger partial charge on any atom is -0.299 e. The number of Topliss-reactive ketones (excluding diaryl/α,β-unsaturated/α-hetero) is 1. The normalized spacial score (nSPS) is 20.9. The summed E-state index contributed by atoms with van der Waals surface area (Å²) < 4.78 is 37.4. The third-order valence-electron chi connectivity index (χ3n) is 3.03. The monoisotopic (exact) mass is 243 g/mol. The maximum Gasteiger partial charge on any atom is 0.416 e. The standard InChI is InChI=1S/C12H12F3NO/c13-12(14,15)9-4-5-16-10(7-9)6-8-2-1-3-11(8)17/h4-5,7-8H,1-3,6H2. The lowest BCUT2D eigenvalue weighted by Gasteiger charge is -2.10. The summed E-state index contributed by atoms with van der Waals surface area (Å²) in [6, 6.07) is 1.98. The van der Waals surface area contributed by atoms with Gasteiger partial charge in [0, 0.05) is 24.2 Å². The summed E-state index contributed by atoms with van der Waals surface area (Å²) in [4.78, 5) is 15.3. The lowest BCUT2D eigenvalue weighted by molar-refractivity contribution is -0.137. The summed E-state index contributed by atoms with van der Waals surface area (Å²) in [5, 5.41) is 0. The van der Waals surface area contributed by atoms with Gasteiger partial charge in [-0.15, -0.1) is 0 Å². The van der Waals surface area contributed by atoms with Crippen LogP contribution in [0.3, 0.4) is 0 Å². The van der Waals surface area contributed by atoms with Crippen LogP contribution in [0.1, 0.15) is 30.5 Å². The number of carbonyl (C=O) groups excluding carboxylic acids is 1. The number of ketones is 1. The zero-order valence-electron chi connectivity index (χ0n) is 9.13. The van der Waals surface area contributed by atoms with Crippen LogP contribution in [0.15, 0.2) is 18.3 Å². The summed E-state index contributed by atoms with van der Waals surface area (Å²) in [5.41, 5.74) is -0.354. The van der Waals surface area contributed by atoms with E-state index in [-0.39, 0.29) is 11.7 Å². The number of hydrogen-bond acceptors (Lipinski definition) is 2. The van der Waals surface area contributed by atoms with Gasteiger partial charge < -0.3 is 0 Å². The molecular formula is C12H12F3NO. The van der Waals surface area contributed by atoms with E-state index in [0.29, 0.717) is 18.5 Å². The summed E-state index contributed by atoms with van der Waals surface area (Å²) in [6.07, 6.45) is -0.736. The second kappa shape index (κ2) is 4.47. The Labute approximate surface area is 96.9 Å². The van der Waals surface area contributed by atoms with Crippen LogP contribution >= 0.6 is 0 Å². The molecule has 1 fully saturated rings. The molecule has 0 aliphatic heterocycles. The zero-order chi connectivity index (χ0) is 12.5. The topological polar surface area (TPSA) is 30.0 Å². The predicted molar refractivity (Wildman–Crippen MR) is 55.3 cm³/mol. The van der Waals surface area contributed by atoms with Crippen molar-refractivity contribution in [3.05, 3.63) is 29.6 Å². The van der Waals surface area contributed by atoms with Gasteiger partial charge in [0.05, 0.1) is 5.56 Å². The van der Waals surface area contributed by atoms with Gasteiger partial charge in [-0.3, -0.25) is 9.78 Å². The largest absolute Gasteiger partial charge is 0.416 e. The van der Waals surface area contributed by atoms with Crippen LogP contribution in [-0.4, -0.2) is 10.8 Å². The molecule has 1 aromatic rings. The molecule has 0 radical (unpaired) electrons.